The second kappa shape index (κ2) is 8.31. The molecular formula is C22H18ClN3O5. The van der Waals surface area contributed by atoms with Crippen molar-refractivity contribution in [2.24, 2.45) is 11.8 Å². The number of rotatable bonds is 5. The molecule has 3 amide bonds. The number of hydrazine groups is 1. The summed E-state index contributed by atoms with van der Waals surface area (Å²) in [7, 11) is 0. The maximum atomic E-state index is 13.4. The molecule has 0 unspecified atom stereocenters. The molecule has 1 aliphatic carbocycles. The zero-order valence-electron chi connectivity index (χ0n) is 16.3. The van der Waals surface area contributed by atoms with Gasteiger partial charge >= 0.3 is 0 Å². The molecule has 1 heterocycles. The molecule has 1 saturated heterocycles. The first-order valence-electron chi connectivity index (χ1n) is 9.71. The molecule has 158 valence electrons. The van der Waals surface area contributed by atoms with E-state index in [1.54, 1.807) is 18.2 Å². The van der Waals surface area contributed by atoms with E-state index < -0.39 is 34.5 Å². The Kier molecular flexibility index (Phi) is 5.56. The summed E-state index contributed by atoms with van der Waals surface area (Å²) in [5.41, 5.74) is 0.0792. The van der Waals surface area contributed by atoms with Gasteiger partial charge in [0.15, 0.2) is 0 Å². The third kappa shape index (κ3) is 3.70. The first-order valence-corrected chi connectivity index (χ1v) is 10.1. The molecule has 0 aromatic heterocycles. The van der Waals surface area contributed by atoms with E-state index in [0.29, 0.717) is 12.8 Å². The van der Waals surface area contributed by atoms with Crippen LogP contribution < -0.4 is 0 Å². The van der Waals surface area contributed by atoms with Crippen molar-refractivity contribution >= 4 is 35.0 Å². The molecule has 4 rings (SSSR count). The maximum Gasteiger partial charge on any atom is 0.274 e. The second-order valence-corrected chi connectivity index (χ2v) is 7.78. The number of hydrogen-bond donors (Lipinski definition) is 0. The van der Waals surface area contributed by atoms with Crippen molar-refractivity contribution in [3.8, 4) is 0 Å². The molecule has 9 heteroatoms. The lowest BCUT2D eigenvalue weighted by Crippen LogP contribution is -2.50. The van der Waals surface area contributed by atoms with Crippen molar-refractivity contribution in [1.82, 2.24) is 10.0 Å². The zero-order chi connectivity index (χ0) is 22.1. The number of hydrogen-bond acceptors (Lipinski definition) is 5. The van der Waals surface area contributed by atoms with Crippen molar-refractivity contribution in [3.63, 3.8) is 0 Å². The van der Waals surface area contributed by atoms with Crippen LogP contribution in [0.4, 0.5) is 5.69 Å². The number of fused-ring (bicyclic) bond motifs is 1. The first-order chi connectivity index (χ1) is 14.9. The van der Waals surface area contributed by atoms with Crippen molar-refractivity contribution in [3.05, 3.63) is 86.9 Å². The minimum Gasteiger partial charge on any atom is -0.272 e. The Balaban J connectivity index is 1.78. The molecule has 2 aromatic rings. The highest BCUT2D eigenvalue weighted by atomic mass is 35.5. The number of allylic oxidation sites excluding steroid dienone is 2. The van der Waals surface area contributed by atoms with Gasteiger partial charge in [-0.1, -0.05) is 54.1 Å². The van der Waals surface area contributed by atoms with Crippen molar-refractivity contribution in [2.45, 2.75) is 19.4 Å². The Hall–Kier alpha value is -3.52. The summed E-state index contributed by atoms with van der Waals surface area (Å²) in [6, 6.07) is 12.2. The topological polar surface area (TPSA) is 101 Å². The van der Waals surface area contributed by atoms with Crippen LogP contribution >= 0.6 is 11.6 Å². The second-order valence-electron chi connectivity index (χ2n) is 7.37. The number of nitrogens with zero attached hydrogens (tertiary/aromatic N) is 3. The first kappa shape index (κ1) is 20.7. The summed E-state index contributed by atoms with van der Waals surface area (Å²) in [6.07, 6.45) is 4.51. The highest BCUT2D eigenvalue weighted by molar-refractivity contribution is 6.33. The Morgan fingerprint density at radius 3 is 2.23 bits per heavy atom. The Morgan fingerprint density at radius 2 is 1.61 bits per heavy atom. The summed E-state index contributed by atoms with van der Waals surface area (Å²) < 4.78 is 0. The Bertz CT molecular complexity index is 1090. The van der Waals surface area contributed by atoms with E-state index in [1.807, 2.05) is 12.2 Å². The van der Waals surface area contributed by atoms with E-state index in [-0.39, 0.29) is 28.4 Å². The monoisotopic (exact) mass is 439 g/mol. The van der Waals surface area contributed by atoms with Gasteiger partial charge in [0.1, 0.15) is 0 Å². The number of carbonyl (C=O) groups excluding carboxylic acids is 3. The largest absolute Gasteiger partial charge is 0.274 e. The van der Waals surface area contributed by atoms with Crippen LogP contribution in [-0.4, -0.2) is 32.7 Å². The number of halogens is 1. The predicted octanol–water partition coefficient (Wildman–Crippen LogP) is 3.76. The van der Waals surface area contributed by atoms with Gasteiger partial charge in [-0.2, -0.15) is 5.01 Å². The van der Waals surface area contributed by atoms with E-state index >= 15 is 0 Å². The molecule has 0 radical (unpaired) electrons. The molecule has 1 aliphatic heterocycles. The number of benzene rings is 2. The van der Waals surface area contributed by atoms with Crippen LogP contribution in [0.3, 0.4) is 0 Å². The van der Waals surface area contributed by atoms with Gasteiger partial charge in [0.25, 0.3) is 23.4 Å². The van der Waals surface area contributed by atoms with Gasteiger partial charge < -0.3 is 0 Å². The molecule has 0 spiro atoms. The van der Waals surface area contributed by atoms with Gasteiger partial charge in [-0.3, -0.25) is 24.5 Å². The van der Waals surface area contributed by atoms with Gasteiger partial charge in [0.2, 0.25) is 0 Å². The third-order valence-corrected chi connectivity index (χ3v) is 5.90. The van der Waals surface area contributed by atoms with Crippen LogP contribution in [0.1, 0.15) is 28.8 Å². The number of imide groups is 1. The summed E-state index contributed by atoms with van der Waals surface area (Å²) in [5, 5.41) is 13.5. The molecule has 2 atom stereocenters. The standard InChI is InChI=1S/C22H18ClN3O5/c23-18-11-5-4-10-17(18)20(27)24(13-14-7-1-6-12-19(14)26(30)31)25-21(28)15-8-2-3-9-16(15)22(25)29/h1-7,10-12,15-16H,8-9,13H2/t15-,16-/m1/s1. The van der Waals surface area contributed by atoms with Crippen LogP contribution in [0.2, 0.25) is 5.02 Å². The molecule has 8 nitrogen and oxygen atoms in total. The fourth-order valence-corrected chi connectivity index (χ4v) is 4.23. The lowest BCUT2D eigenvalue weighted by atomic mass is 9.85. The van der Waals surface area contributed by atoms with Gasteiger partial charge in [-0.05, 0) is 25.0 Å². The van der Waals surface area contributed by atoms with Crippen molar-refractivity contribution < 1.29 is 19.3 Å². The number of carbonyl (C=O) groups is 3. The molecule has 0 N–H and O–H groups in total. The highest BCUT2D eigenvalue weighted by Crippen LogP contribution is 2.37. The fraction of sp³-hybridized carbons (Fsp3) is 0.227. The summed E-state index contributed by atoms with van der Waals surface area (Å²) in [4.78, 5) is 50.6. The van der Waals surface area contributed by atoms with Gasteiger partial charge in [-0.15, -0.1) is 0 Å². The van der Waals surface area contributed by atoms with E-state index in [9.17, 15) is 24.5 Å². The number of nitro groups is 1. The average molecular weight is 440 g/mol. The molecule has 31 heavy (non-hydrogen) atoms. The maximum absolute atomic E-state index is 13.4. The quantitative estimate of drug-likeness (QED) is 0.305. The minimum absolute atomic E-state index is 0.0938. The van der Waals surface area contributed by atoms with Crippen LogP contribution in [0, 0.1) is 22.0 Å². The fourth-order valence-electron chi connectivity index (χ4n) is 4.01. The van der Waals surface area contributed by atoms with Gasteiger partial charge in [0.05, 0.1) is 39.5 Å². The lowest BCUT2D eigenvalue weighted by molar-refractivity contribution is -0.385. The van der Waals surface area contributed by atoms with Crippen LogP contribution in [-0.2, 0) is 16.1 Å². The van der Waals surface area contributed by atoms with E-state index in [4.69, 9.17) is 11.6 Å². The molecule has 2 aromatic carbocycles. The lowest BCUT2D eigenvalue weighted by Gasteiger charge is -2.30. The number of amides is 3. The molecule has 0 bridgehead atoms. The Morgan fingerprint density at radius 1 is 1.03 bits per heavy atom. The normalized spacial score (nSPS) is 20.0. The average Bonchev–Trinajstić information content (AvgIpc) is 3.02. The Labute approximate surface area is 182 Å². The molecule has 1 fully saturated rings. The van der Waals surface area contributed by atoms with Crippen molar-refractivity contribution in [2.75, 3.05) is 0 Å². The SMILES string of the molecule is O=C(c1ccccc1Cl)N(Cc1ccccc1[N+](=O)[O-])N1C(=O)[C@@H]2CC=CC[C@H]2C1=O. The third-order valence-electron chi connectivity index (χ3n) is 5.57. The van der Waals surface area contributed by atoms with Gasteiger partial charge in [-0.25, -0.2) is 5.01 Å². The summed E-state index contributed by atoms with van der Waals surface area (Å²) in [6.45, 7) is -0.328. The van der Waals surface area contributed by atoms with E-state index in [1.165, 1.54) is 30.3 Å². The minimum atomic E-state index is -0.683. The smallest absolute Gasteiger partial charge is 0.272 e. The van der Waals surface area contributed by atoms with Crippen LogP contribution in [0.25, 0.3) is 0 Å². The van der Waals surface area contributed by atoms with Gasteiger partial charge in [0, 0.05) is 6.07 Å². The molecular weight excluding hydrogens is 422 g/mol. The predicted molar refractivity (Wildman–Crippen MR) is 112 cm³/mol. The van der Waals surface area contributed by atoms with Crippen LogP contribution in [0.15, 0.2) is 60.7 Å². The van der Waals surface area contributed by atoms with E-state index in [0.717, 1.165) is 10.0 Å². The summed E-state index contributed by atoms with van der Waals surface area (Å²) >= 11 is 6.20. The van der Waals surface area contributed by atoms with Crippen molar-refractivity contribution in [1.29, 1.82) is 0 Å². The van der Waals surface area contributed by atoms with E-state index in [2.05, 4.69) is 0 Å². The summed E-state index contributed by atoms with van der Waals surface area (Å²) in [5.74, 6) is -2.76. The van der Waals surface area contributed by atoms with Crippen LogP contribution in [0.5, 0.6) is 0 Å². The number of para-hydroxylation sites is 1. The number of nitro benzene ring substituents is 1. The molecule has 2 aliphatic rings. The highest BCUT2D eigenvalue weighted by Gasteiger charge is 2.51. The zero-order valence-corrected chi connectivity index (χ0v) is 17.1. The molecule has 0 saturated carbocycles.